The van der Waals surface area contributed by atoms with Crippen molar-refractivity contribution in [2.24, 2.45) is 0 Å². The molecule has 0 saturated carbocycles. The number of hydrogen-bond donors (Lipinski definition) is 2. The summed E-state index contributed by atoms with van der Waals surface area (Å²) < 4.78 is -0.254. The highest BCUT2D eigenvalue weighted by molar-refractivity contribution is 8.00. The van der Waals surface area contributed by atoms with Gasteiger partial charge in [0.1, 0.15) is 0 Å². The number of thiol groups is 2. The molecule has 0 aromatic heterocycles. The molecule has 0 atom stereocenters. The highest BCUT2D eigenvalue weighted by atomic mass is 32.2. The van der Waals surface area contributed by atoms with E-state index in [1.165, 1.54) is 12.8 Å². The SMILES string of the molecule is C=CC(S)(S)CCCC. The smallest absolute Gasteiger partial charge is 0.0730 e. The van der Waals surface area contributed by atoms with Gasteiger partial charge in [-0.25, -0.2) is 0 Å². The summed E-state index contributed by atoms with van der Waals surface area (Å²) in [5.74, 6) is 0. The summed E-state index contributed by atoms with van der Waals surface area (Å²) in [7, 11) is 0. The largest absolute Gasteiger partial charge is 0.158 e. The van der Waals surface area contributed by atoms with Crippen LogP contribution in [-0.2, 0) is 0 Å². The van der Waals surface area contributed by atoms with Crippen molar-refractivity contribution in [2.45, 2.75) is 30.3 Å². The van der Waals surface area contributed by atoms with Crippen LogP contribution in [-0.4, -0.2) is 4.08 Å². The van der Waals surface area contributed by atoms with Crippen LogP contribution in [0, 0.1) is 0 Å². The normalized spacial score (nSPS) is 11.4. The Bertz CT molecular complexity index is 86.9. The molecule has 0 aliphatic rings. The van der Waals surface area contributed by atoms with E-state index in [2.05, 4.69) is 38.8 Å². The van der Waals surface area contributed by atoms with Crippen LogP contribution in [0.4, 0.5) is 0 Å². The van der Waals surface area contributed by atoms with E-state index >= 15 is 0 Å². The molecule has 0 radical (unpaired) electrons. The monoisotopic (exact) mass is 162 g/mol. The Kier molecular flexibility index (Phi) is 4.50. The van der Waals surface area contributed by atoms with Crippen molar-refractivity contribution in [3.8, 4) is 0 Å². The fraction of sp³-hybridized carbons (Fsp3) is 0.714. The van der Waals surface area contributed by atoms with Crippen molar-refractivity contribution in [2.75, 3.05) is 0 Å². The first-order chi connectivity index (χ1) is 4.12. The van der Waals surface area contributed by atoms with Crippen molar-refractivity contribution in [3.63, 3.8) is 0 Å². The predicted octanol–water partition coefficient (Wildman–Crippen LogP) is 2.92. The van der Waals surface area contributed by atoms with Crippen LogP contribution in [0.15, 0.2) is 12.7 Å². The molecule has 0 fully saturated rings. The van der Waals surface area contributed by atoms with Gasteiger partial charge in [0.25, 0.3) is 0 Å². The molecule has 0 aliphatic carbocycles. The van der Waals surface area contributed by atoms with E-state index in [0.29, 0.717) is 0 Å². The molecule has 0 nitrogen and oxygen atoms in total. The quantitative estimate of drug-likeness (QED) is 0.354. The van der Waals surface area contributed by atoms with Gasteiger partial charge in [-0.05, 0) is 6.42 Å². The highest BCUT2D eigenvalue weighted by Gasteiger charge is 2.12. The van der Waals surface area contributed by atoms with Crippen molar-refractivity contribution in [3.05, 3.63) is 12.7 Å². The van der Waals surface area contributed by atoms with Gasteiger partial charge in [0, 0.05) is 0 Å². The minimum Gasteiger partial charge on any atom is -0.158 e. The summed E-state index contributed by atoms with van der Waals surface area (Å²) in [6, 6.07) is 0. The minimum absolute atomic E-state index is 0.254. The lowest BCUT2D eigenvalue weighted by atomic mass is 10.2. The summed E-state index contributed by atoms with van der Waals surface area (Å²) in [4.78, 5) is 0. The first-order valence-electron chi connectivity index (χ1n) is 3.20. The molecule has 2 heteroatoms. The average Bonchev–Trinajstić information content (AvgIpc) is 1.84. The fourth-order valence-electron chi connectivity index (χ4n) is 0.539. The molecule has 0 aliphatic heterocycles. The molecule has 0 unspecified atom stereocenters. The molecule has 54 valence electrons. The molecule has 0 rings (SSSR count). The van der Waals surface area contributed by atoms with Crippen LogP contribution in [0.1, 0.15) is 26.2 Å². The van der Waals surface area contributed by atoms with Crippen LogP contribution in [0.25, 0.3) is 0 Å². The molecule has 0 heterocycles. The van der Waals surface area contributed by atoms with Gasteiger partial charge in [-0.2, -0.15) is 25.3 Å². The number of unbranched alkanes of at least 4 members (excludes halogenated alkanes) is 1. The Labute approximate surface area is 68.5 Å². The van der Waals surface area contributed by atoms with Gasteiger partial charge >= 0.3 is 0 Å². The minimum atomic E-state index is -0.254. The van der Waals surface area contributed by atoms with Crippen LogP contribution in [0.5, 0.6) is 0 Å². The molecule has 0 aromatic rings. The van der Waals surface area contributed by atoms with E-state index in [0.717, 1.165) is 6.42 Å². The second-order valence-electron chi connectivity index (χ2n) is 2.19. The Balaban J connectivity index is 3.45. The molecule has 0 spiro atoms. The van der Waals surface area contributed by atoms with Crippen molar-refractivity contribution in [1.29, 1.82) is 0 Å². The maximum atomic E-state index is 4.27. The summed E-state index contributed by atoms with van der Waals surface area (Å²) >= 11 is 8.53. The van der Waals surface area contributed by atoms with Gasteiger partial charge in [0.2, 0.25) is 0 Å². The van der Waals surface area contributed by atoms with E-state index in [4.69, 9.17) is 0 Å². The maximum Gasteiger partial charge on any atom is 0.0730 e. The third-order valence-electron chi connectivity index (χ3n) is 1.23. The van der Waals surface area contributed by atoms with Gasteiger partial charge in [-0.3, -0.25) is 0 Å². The maximum absolute atomic E-state index is 4.27. The lowest BCUT2D eigenvalue weighted by molar-refractivity contribution is 0.721. The third-order valence-corrected chi connectivity index (χ3v) is 2.04. The van der Waals surface area contributed by atoms with E-state index in [1.807, 2.05) is 0 Å². The molecular weight excluding hydrogens is 148 g/mol. The van der Waals surface area contributed by atoms with Crippen molar-refractivity contribution < 1.29 is 0 Å². The lowest BCUT2D eigenvalue weighted by Gasteiger charge is -2.15. The highest BCUT2D eigenvalue weighted by Crippen LogP contribution is 2.26. The van der Waals surface area contributed by atoms with Crippen LogP contribution in [0.3, 0.4) is 0 Å². The zero-order chi connectivity index (χ0) is 7.33. The Morgan fingerprint density at radius 1 is 1.56 bits per heavy atom. The summed E-state index contributed by atoms with van der Waals surface area (Å²) in [6.45, 7) is 5.79. The van der Waals surface area contributed by atoms with E-state index in [-0.39, 0.29) is 4.08 Å². The second-order valence-corrected chi connectivity index (χ2v) is 4.14. The van der Waals surface area contributed by atoms with E-state index in [9.17, 15) is 0 Å². The average molecular weight is 162 g/mol. The van der Waals surface area contributed by atoms with Crippen molar-refractivity contribution in [1.82, 2.24) is 0 Å². The number of hydrogen-bond acceptors (Lipinski definition) is 2. The topological polar surface area (TPSA) is 0 Å². The zero-order valence-corrected chi connectivity index (χ0v) is 7.59. The Morgan fingerprint density at radius 3 is 2.44 bits per heavy atom. The lowest BCUT2D eigenvalue weighted by Crippen LogP contribution is -2.07. The zero-order valence-electron chi connectivity index (χ0n) is 5.80. The van der Waals surface area contributed by atoms with Crippen LogP contribution >= 0.6 is 25.3 Å². The van der Waals surface area contributed by atoms with E-state index < -0.39 is 0 Å². The fourth-order valence-corrected chi connectivity index (χ4v) is 0.855. The van der Waals surface area contributed by atoms with Gasteiger partial charge < -0.3 is 0 Å². The Morgan fingerprint density at radius 2 is 2.11 bits per heavy atom. The predicted molar refractivity (Wildman–Crippen MR) is 50.4 cm³/mol. The first-order valence-corrected chi connectivity index (χ1v) is 4.10. The molecule has 0 bridgehead atoms. The molecule has 0 amide bonds. The van der Waals surface area contributed by atoms with Gasteiger partial charge in [0.15, 0.2) is 0 Å². The number of rotatable bonds is 4. The molecular formula is C7H14S2. The first kappa shape index (κ1) is 9.44. The van der Waals surface area contributed by atoms with Gasteiger partial charge in [-0.15, -0.1) is 6.58 Å². The molecule has 0 N–H and O–H groups in total. The summed E-state index contributed by atoms with van der Waals surface area (Å²) in [6.07, 6.45) is 5.13. The summed E-state index contributed by atoms with van der Waals surface area (Å²) in [5.41, 5.74) is 0. The third kappa shape index (κ3) is 4.91. The van der Waals surface area contributed by atoms with Gasteiger partial charge in [0.05, 0.1) is 4.08 Å². The second kappa shape index (κ2) is 4.29. The standard InChI is InChI=1S/C7H14S2/c1-3-5-6-7(8,9)4-2/h4,8-9H,2-3,5-6H2,1H3. The summed E-state index contributed by atoms with van der Waals surface area (Å²) in [5, 5.41) is 0. The Hall–Kier alpha value is 0.440. The molecule has 0 saturated heterocycles. The van der Waals surface area contributed by atoms with E-state index in [1.54, 1.807) is 6.08 Å². The van der Waals surface area contributed by atoms with Gasteiger partial charge in [-0.1, -0.05) is 25.8 Å². The van der Waals surface area contributed by atoms with Crippen molar-refractivity contribution >= 4 is 25.3 Å². The molecule has 9 heavy (non-hydrogen) atoms. The molecule has 0 aromatic carbocycles. The van der Waals surface area contributed by atoms with Crippen LogP contribution < -0.4 is 0 Å². The van der Waals surface area contributed by atoms with Crippen LogP contribution in [0.2, 0.25) is 0 Å².